The molecule has 5 nitrogen and oxygen atoms in total. The van der Waals surface area contributed by atoms with Gasteiger partial charge in [-0.15, -0.1) is 0 Å². The van der Waals surface area contributed by atoms with Gasteiger partial charge in [0.05, 0.1) is 34.5 Å². The second-order valence-electron chi connectivity index (χ2n) is 19.7. The minimum absolute atomic E-state index is 0.0765. The Bertz CT molecular complexity index is 3180. The minimum atomic E-state index is -2.33. The van der Waals surface area contributed by atoms with E-state index in [2.05, 4.69) is 150 Å². The van der Waals surface area contributed by atoms with Crippen LogP contribution >= 0.6 is 0 Å². The number of nitrogens with zero attached hydrogens (tertiary/aromatic N) is 4. The van der Waals surface area contributed by atoms with Crippen LogP contribution in [0.5, 0.6) is 11.5 Å². The molecule has 5 heteroatoms. The van der Waals surface area contributed by atoms with Gasteiger partial charge in [0.1, 0.15) is 17.1 Å². The third-order valence-corrected chi connectivity index (χ3v) is 15.6. The SMILES string of the molecule is [2H]C([2H])([2H])c1ccc2c3c1c1ccc(Oc4ccc5c(c4)-n4ncc(-c6ccccc6)c4C(C)(C)C5(C)C)cc1c1nc4c(n13)C(C)(CCC(C)(C)c1ccccc1-4)C2(C)C. The summed E-state index contributed by atoms with van der Waals surface area (Å²) in [6.07, 6.45) is 3.94. The van der Waals surface area contributed by atoms with Crippen molar-refractivity contribution in [2.45, 2.75) is 109 Å². The van der Waals surface area contributed by atoms with Crippen molar-refractivity contribution in [1.82, 2.24) is 19.2 Å². The molecule has 0 spiro atoms. The molecule has 5 heterocycles. The summed E-state index contributed by atoms with van der Waals surface area (Å²) >= 11 is 0. The van der Waals surface area contributed by atoms with Crippen molar-refractivity contribution in [2.24, 2.45) is 0 Å². The molecule has 1 unspecified atom stereocenters. The molecule has 0 saturated carbocycles. The van der Waals surface area contributed by atoms with Crippen molar-refractivity contribution in [3.8, 4) is 39.6 Å². The molecule has 0 fully saturated rings. The Morgan fingerprint density at radius 1 is 0.638 bits per heavy atom. The van der Waals surface area contributed by atoms with E-state index in [0.29, 0.717) is 17.1 Å². The average molecular weight is 764 g/mol. The van der Waals surface area contributed by atoms with E-state index in [1.165, 1.54) is 16.8 Å². The molecule has 3 aromatic heterocycles. The summed E-state index contributed by atoms with van der Waals surface area (Å²) in [5.41, 5.74) is 12.4. The molecule has 1 aliphatic carbocycles. The number of hydrogen-bond donors (Lipinski definition) is 0. The molecular weight excluding hydrogens is 709 g/mol. The van der Waals surface area contributed by atoms with Crippen LogP contribution in [0.3, 0.4) is 0 Å². The number of aromatic nitrogens is 4. The topological polar surface area (TPSA) is 44.3 Å². The van der Waals surface area contributed by atoms with Gasteiger partial charge in [-0.25, -0.2) is 9.67 Å². The van der Waals surface area contributed by atoms with Crippen LogP contribution in [0.25, 0.3) is 55.4 Å². The lowest BCUT2D eigenvalue weighted by Crippen LogP contribution is -2.48. The largest absolute Gasteiger partial charge is 0.457 e. The molecule has 0 saturated heterocycles. The second-order valence-corrected chi connectivity index (χ2v) is 19.7. The van der Waals surface area contributed by atoms with Crippen LogP contribution in [0, 0.1) is 6.85 Å². The fourth-order valence-electron chi connectivity index (χ4n) is 11.1. The summed E-state index contributed by atoms with van der Waals surface area (Å²) in [7, 11) is 0. The second kappa shape index (κ2) is 11.3. The summed E-state index contributed by atoms with van der Waals surface area (Å²) in [6.45, 7) is 18.8. The lowest BCUT2D eigenvalue weighted by atomic mass is 9.55. The van der Waals surface area contributed by atoms with Gasteiger partial charge >= 0.3 is 0 Å². The van der Waals surface area contributed by atoms with Crippen molar-refractivity contribution >= 4 is 27.3 Å². The smallest absolute Gasteiger partial charge is 0.146 e. The first-order valence-electron chi connectivity index (χ1n) is 22.3. The highest BCUT2D eigenvalue weighted by Gasteiger charge is 2.53. The van der Waals surface area contributed by atoms with Crippen LogP contribution in [0.4, 0.5) is 0 Å². The summed E-state index contributed by atoms with van der Waals surface area (Å²) in [5.74, 6) is 1.35. The van der Waals surface area contributed by atoms with E-state index in [9.17, 15) is 0 Å². The number of fused-ring (bicyclic) bond motifs is 8. The highest BCUT2D eigenvalue weighted by atomic mass is 16.5. The lowest BCUT2D eigenvalue weighted by molar-refractivity contribution is 0.220. The maximum absolute atomic E-state index is 8.81. The van der Waals surface area contributed by atoms with Crippen LogP contribution in [0.15, 0.2) is 109 Å². The van der Waals surface area contributed by atoms with Gasteiger partial charge < -0.3 is 4.74 Å². The predicted molar refractivity (Wildman–Crippen MR) is 238 cm³/mol. The molecule has 0 amide bonds. The Morgan fingerprint density at radius 3 is 2.16 bits per heavy atom. The van der Waals surface area contributed by atoms with E-state index < -0.39 is 6.85 Å². The highest BCUT2D eigenvalue weighted by molar-refractivity contribution is 6.15. The molecule has 1 atom stereocenters. The maximum Gasteiger partial charge on any atom is 0.146 e. The van der Waals surface area contributed by atoms with Gasteiger partial charge in [-0.3, -0.25) is 4.40 Å². The molecular formula is C53H52N4O. The molecule has 0 radical (unpaired) electrons. The van der Waals surface area contributed by atoms with E-state index in [1.807, 2.05) is 30.5 Å². The van der Waals surface area contributed by atoms with Crippen molar-refractivity contribution in [2.75, 3.05) is 0 Å². The van der Waals surface area contributed by atoms with Gasteiger partial charge in [0.15, 0.2) is 0 Å². The first-order valence-corrected chi connectivity index (χ1v) is 20.8. The number of hydrogen-bond acceptors (Lipinski definition) is 3. The first kappa shape index (κ1) is 32.3. The normalized spacial score (nSPS) is 21.4. The molecule has 11 rings (SSSR count). The zero-order valence-electron chi connectivity index (χ0n) is 38.0. The number of ether oxygens (including phenoxy) is 1. The van der Waals surface area contributed by atoms with Crippen LogP contribution in [-0.2, 0) is 27.1 Å². The fraction of sp³-hybridized carbons (Fsp3) is 0.321. The van der Waals surface area contributed by atoms with E-state index in [4.69, 9.17) is 18.9 Å². The Kier molecular flexibility index (Phi) is 6.28. The molecule has 0 bridgehead atoms. The van der Waals surface area contributed by atoms with Crippen molar-refractivity contribution < 1.29 is 8.85 Å². The van der Waals surface area contributed by atoms with Gasteiger partial charge in [0, 0.05) is 53.7 Å². The number of rotatable bonds is 3. The van der Waals surface area contributed by atoms with Gasteiger partial charge in [0.2, 0.25) is 0 Å². The molecule has 58 heavy (non-hydrogen) atoms. The standard InChI is InChI=1S/C53H52N4O/c1-31-20-24-41-45-43(31)35-23-21-33(58-34-22-25-40-42(29-34)57-46(52(8,9)50(40,4)5)38(30-54-57)32-16-12-11-13-17-32)28-37(35)48-55-44-36-18-14-15-19-39(36)49(2,3)26-27-53(10,51(41,6)7)47(44)56(45)48/h11-25,28-30H,26-27H2,1-10H3/i1D3. The first-order chi connectivity index (χ1) is 28.8. The molecule has 3 aliphatic rings. The summed E-state index contributed by atoms with van der Waals surface area (Å²) < 4.78 is 37.7. The predicted octanol–water partition coefficient (Wildman–Crippen LogP) is 13.5. The number of imidazole rings is 1. The Balaban J connectivity index is 1.16. The van der Waals surface area contributed by atoms with Crippen molar-refractivity contribution in [3.63, 3.8) is 0 Å². The summed E-state index contributed by atoms with van der Waals surface area (Å²) in [5, 5.41) is 7.50. The quantitative estimate of drug-likeness (QED) is 0.168. The Hall–Kier alpha value is -5.68. The van der Waals surface area contributed by atoms with Gasteiger partial charge in [0.25, 0.3) is 0 Å². The van der Waals surface area contributed by atoms with Gasteiger partial charge in [-0.05, 0) is 82.6 Å². The minimum Gasteiger partial charge on any atom is -0.457 e. The van der Waals surface area contributed by atoms with Crippen molar-refractivity contribution in [3.05, 3.63) is 143 Å². The van der Waals surface area contributed by atoms with Gasteiger partial charge in [-0.2, -0.15) is 5.10 Å². The number of aryl methyl sites for hydroxylation is 1. The van der Waals surface area contributed by atoms with E-state index in [1.54, 1.807) is 0 Å². The van der Waals surface area contributed by atoms with E-state index >= 15 is 0 Å². The maximum atomic E-state index is 8.81. The van der Waals surface area contributed by atoms with E-state index in [-0.39, 0.29) is 27.1 Å². The molecule has 0 N–H and O–H groups in total. The third kappa shape index (κ3) is 4.32. The molecule has 290 valence electrons. The monoisotopic (exact) mass is 763 g/mol. The van der Waals surface area contributed by atoms with Crippen molar-refractivity contribution in [1.29, 1.82) is 0 Å². The number of benzene rings is 5. The number of pyridine rings is 1. The molecule has 8 aromatic rings. The van der Waals surface area contributed by atoms with Crippen LogP contribution < -0.4 is 4.74 Å². The highest BCUT2D eigenvalue weighted by Crippen LogP contribution is 2.59. The lowest BCUT2D eigenvalue weighted by Gasteiger charge is -2.50. The summed E-state index contributed by atoms with van der Waals surface area (Å²) in [4.78, 5) is 5.67. The van der Waals surface area contributed by atoms with Crippen LogP contribution in [0.2, 0.25) is 0 Å². The Labute approximate surface area is 345 Å². The van der Waals surface area contributed by atoms with E-state index in [0.717, 1.165) is 79.5 Å². The Morgan fingerprint density at radius 2 is 1.36 bits per heavy atom. The van der Waals surface area contributed by atoms with Gasteiger partial charge in [-0.1, -0.05) is 135 Å². The van der Waals surface area contributed by atoms with Crippen LogP contribution in [-0.4, -0.2) is 19.2 Å². The fourth-order valence-corrected chi connectivity index (χ4v) is 11.1. The third-order valence-electron chi connectivity index (χ3n) is 15.6. The molecule has 5 aromatic carbocycles. The summed E-state index contributed by atoms with van der Waals surface area (Å²) in [6, 6.07) is 35.7. The van der Waals surface area contributed by atoms with Crippen LogP contribution in [0.1, 0.15) is 113 Å². The average Bonchev–Trinajstić information content (AvgIpc) is 3.86. The zero-order valence-corrected chi connectivity index (χ0v) is 35.0. The zero-order chi connectivity index (χ0) is 42.8. The molecule has 2 aliphatic heterocycles.